The highest BCUT2D eigenvalue weighted by Crippen LogP contribution is 2.23. The summed E-state index contributed by atoms with van der Waals surface area (Å²) in [7, 11) is 3.49. The van der Waals surface area contributed by atoms with Gasteiger partial charge in [0.05, 0.1) is 12.8 Å². The van der Waals surface area contributed by atoms with Gasteiger partial charge in [0.1, 0.15) is 11.4 Å². The lowest BCUT2D eigenvalue weighted by atomic mass is 10.1. The summed E-state index contributed by atoms with van der Waals surface area (Å²) >= 11 is 0. The van der Waals surface area contributed by atoms with Crippen LogP contribution < -0.4 is 16.0 Å². The van der Waals surface area contributed by atoms with E-state index in [0.29, 0.717) is 12.2 Å². The fraction of sp³-hybridized carbons (Fsp3) is 0.200. The van der Waals surface area contributed by atoms with Crippen LogP contribution in [-0.2, 0) is 13.6 Å². The monoisotopic (exact) mass is 284 g/mol. The highest BCUT2D eigenvalue weighted by molar-refractivity contribution is 5.65. The normalized spacial score (nSPS) is 11.0. The summed E-state index contributed by atoms with van der Waals surface area (Å²) in [5, 5.41) is 4.38. The summed E-state index contributed by atoms with van der Waals surface area (Å²) in [6.07, 6.45) is 0. The highest BCUT2D eigenvalue weighted by Gasteiger charge is 2.11. The van der Waals surface area contributed by atoms with E-state index in [1.54, 1.807) is 7.11 Å². The molecule has 0 bridgehead atoms. The van der Waals surface area contributed by atoms with Crippen molar-refractivity contribution in [2.45, 2.75) is 6.54 Å². The van der Waals surface area contributed by atoms with Gasteiger partial charge in [-0.15, -0.1) is 0 Å². The van der Waals surface area contributed by atoms with Gasteiger partial charge in [-0.3, -0.25) is 4.79 Å². The van der Waals surface area contributed by atoms with Gasteiger partial charge in [0.15, 0.2) is 0 Å². The molecule has 0 spiro atoms. The minimum atomic E-state index is -0.183. The molecule has 2 heterocycles. The third kappa shape index (κ3) is 2.19. The first-order valence-electron chi connectivity index (χ1n) is 6.57. The van der Waals surface area contributed by atoms with Crippen molar-refractivity contribution in [3.8, 4) is 17.0 Å². The van der Waals surface area contributed by atoms with E-state index in [9.17, 15) is 4.79 Å². The van der Waals surface area contributed by atoms with Gasteiger partial charge in [0.25, 0.3) is 5.56 Å². The minimum Gasteiger partial charge on any atom is -0.497 e. The Morgan fingerprint density at radius 1 is 1.29 bits per heavy atom. The number of hydrogen-bond acceptors (Lipinski definition) is 4. The third-order valence-electron chi connectivity index (χ3n) is 3.54. The molecule has 3 aromatic rings. The zero-order chi connectivity index (χ0) is 15.0. The van der Waals surface area contributed by atoms with Crippen molar-refractivity contribution in [2.75, 3.05) is 7.11 Å². The predicted molar refractivity (Wildman–Crippen MR) is 80.3 cm³/mol. The number of hydrogen-bond donors (Lipinski definition) is 1. The number of benzene rings is 1. The Balaban J connectivity index is 2.23. The second-order valence-corrected chi connectivity index (χ2v) is 4.77. The molecule has 108 valence electrons. The maximum atomic E-state index is 12.1. The molecular formula is C15H16N4O2. The van der Waals surface area contributed by atoms with Crippen LogP contribution in [0.3, 0.4) is 0 Å². The number of nitrogens with zero attached hydrogens (tertiary/aromatic N) is 3. The molecule has 3 rings (SSSR count). The summed E-state index contributed by atoms with van der Waals surface area (Å²) in [6.45, 7) is 0.307. The van der Waals surface area contributed by atoms with Crippen molar-refractivity contribution < 1.29 is 4.74 Å². The average molecular weight is 284 g/mol. The summed E-state index contributed by atoms with van der Waals surface area (Å²) < 4.78 is 8.47. The number of rotatable bonds is 3. The van der Waals surface area contributed by atoms with E-state index in [1.165, 1.54) is 10.6 Å². The number of aromatic nitrogens is 3. The lowest BCUT2D eigenvalue weighted by Gasteiger charge is -2.07. The van der Waals surface area contributed by atoms with E-state index in [1.807, 2.05) is 41.9 Å². The molecule has 2 aromatic heterocycles. The Kier molecular flexibility index (Phi) is 3.23. The Bertz CT molecular complexity index is 864. The molecule has 21 heavy (non-hydrogen) atoms. The summed E-state index contributed by atoms with van der Waals surface area (Å²) in [4.78, 5) is 12.1. The molecule has 0 fully saturated rings. The standard InChI is InChI=1S/C15H16N4O2/c1-18-11(9-16)7-15(20)19-14(18)8-13(17-19)10-4-3-5-12(6-10)21-2/h3-8H,9,16H2,1-2H3. The fourth-order valence-corrected chi connectivity index (χ4v) is 2.34. The lowest BCUT2D eigenvalue weighted by Crippen LogP contribution is -2.21. The Hall–Kier alpha value is -2.60. The van der Waals surface area contributed by atoms with E-state index in [4.69, 9.17) is 10.5 Å². The van der Waals surface area contributed by atoms with E-state index >= 15 is 0 Å². The Morgan fingerprint density at radius 3 is 2.81 bits per heavy atom. The average Bonchev–Trinajstić information content (AvgIpc) is 2.97. The van der Waals surface area contributed by atoms with Crippen LogP contribution in [0.25, 0.3) is 16.9 Å². The maximum absolute atomic E-state index is 12.1. The lowest BCUT2D eigenvalue weighted by molar-refractivity contribution is 0.415. The van der Waals surface area contributed by atoms with Crippen LogP contribution >= 0.6 is 0 Å². The molecule has 0 aliphatic heterocycles. The first-order chi connectivity index (χ1) is 10.1. The first-order valence-corrected chi connectivity index (χ1v) is 6.57. The molecule has 2 N–H and O–H groups in total. The summed E-state index contributed by atoms with van der Waals surface area (Å²) in [5.74, 6) is 0.749. The molecule has 6 heteroatoms. The largest absolute Gasteiger partial charge is 0.497 e. The number of nitrogens with two attached hydrogens (primary N) is 1. The molecule has 0 aliphatic carbocycles. The molecule has 6 nitrogen and oxygen atoms in total. The van der Waals surface area contributed by atoms with Gasteiger partial charge < -0.3 is 15.0 Å². The van der Waals surface area contributed by atoms with E-state index < -0.39 is 0 Å². The molecule has 0 amide bonds. The zero-order valence-corrected chi connectivity index (χ0v) is 11.9. The van der Waals surface area contributed by atoms with Gasteiger partial charge in [-0.05, 0) is 12.1 Å². The molecule has 0 unspecified atom stereocenters. The van der Waals surface area contributed by atoms with Crippen molar-refractivity contribution in [1.82, 2.24) is 14.2 Å². The van der Waals surface area contributed by atoms with Crippen LogP contribution in [0.5, 0.6) is 5.75 Å². The minimum absolute atomic E-state index is 0.183. The number of aryl methyl sites for hydroxylation is 1. The maximum Gasteiger partial charge on any atom is 0.274 e. The predicted octanol–water partition coefficient (Wildman–Crippen LogP) is 1.17. The number of fused-ring (bicyclic) bond motifs is 1. The van der Waals surface area contributed by atoms with E-state index in [2.05, 4.69) is 5.10 Å². The smallest absolute Gasteiger partial charge is 0.274 e. The van der Waals surface area contributed by atoms with E-state index in [0.717, 1.165) is 22.7 Å². The second kappa shape index (κ2) is 5.06. The third-order valence-corrected chi connectivity index (χ3v) is 3.54. The summed E-state index contributed by atoms with van der Waals surface area (Å²) in [6, 6.07) is 11.0. The van der Waals surface area contributed by atoms with Crippen LogP contribution in [0.1, 0.15) is 5.69 Å². The van der Waals surface area contributed by atoms with Crippen LogP contribution in [0.2, 0.25) is 0 Å². The molecule has 0 saturated heterocycles. The van der Waals surface area contributed by atoms with Gasteiger partial charge >= 0.3 is 0 Å². The SMILES string of the molecule is COc1cccc(-c2cc3n(C)c(CN)cc(=O)n3n2)c1. The van der Waals surface area contributed by atoms with Crippen LogP contribution in [0, 0.1) is 0 Å². The van der Waals surface area contributed by atoms with E-state index in [-0.39, 0.29) is 5.56 Å². The van der Waals surface area contributed by atoms with Gasteiger partial charge in [-0.2, -0.15) is 9.61 Å². The fourth-order valence-electron chi connectivity index (χ4n) is 2.34. The van der Waals surface area contributed by atoms with Crippen LogP contribution in [0.4, 0.5) is 0 Å². The van der Waals surface area contributed by atoms with Crippen molar-refractivity contribution in [1.29, 1.82) is 0 Å². The number of methoxy groups -OCH3 is 1. The zero-order valence-electron chi connectivity index (χ0n) is 11.9. The topological polar surface area (TPSA) is 74.5 Å². The Labute approximate surface area is 121 Å². The molecule has 0 radical (unpaired) electrons. The van der Waals surface area contributed by atoms with Crippen LogP contribution in [-0.4, -0.2) is 21.3 Å². The van der Waals surface area contributed by atoms with Gasteiger partial charge in [-0.25, -0.2) is 0 Å². The molecule has 0 atom stereocenters. The van der Waals surface area contributed by atoms with Gasteiger partial charge in [0.2, 0.25) is 0 Å². The van der Waals surface area contributed by atoms with Crippen molar-refractivity contribution in [3.05, 3.63) is 52.4 Å². The highest BCUT2D eigenvalue weighted by atomic mass is 16.5. The summed E-state index contributed by atoms with van der Waals surface area (Å²) in [5.41, 5.74) is 8.57. The van der Waals surface area contributed by atoms with Crippen LogP contribution in [0.15, 0.2) is 41.2 Å². The van der Waals surface area contributed by atoms with Gasteiger partial charge in [0, 0.05) is 37.0 Å². The quantitative estimate of drug-likeness (QED) is 0.783. The molecule has 0 aliphatic rings. The Morgan fingerprint density at radius 2 is 2.10 bits per heavy atom. The second-order valence-electron chi connectivity index (χ2n) is 4.77. The van der Waals surface area contributed by atoms with Gasteiger partial charge in [-0.1, -0.05) is 12.1 Å². The molecule has 0 saturated carbocycles. The van der Waals surface area contributed by atoms with Crippen molar-refractivity contribution >= 4 is 5.65 Å². The molecular weight excluding hydrogens is 268 g/mol. The number of ether oxygens (including phenoxy) is 1. The molecule has 1 aromatic carbocycles. The van der Waals surface area contributed by atoms with Crippen molar-refractivity contribution in [2.24, 2.45) is 12.8 Å². The first kappa shape index (κ1) is 13.4. The van der Waals surface area contributed by atoms with Crippen molar-refractivity contribution in [3.63, 3.8) is 0 Å².